The Hall–Kier alpha value is -2.92. The van der Waals surface area contributed by atoms with E-state index in [4.69, 9.17) is 25.8 Å². The lowest BCUT2D eigenvalue weighted by Crippen LogP contribution is -2.46. The molecule has 0 saturated carbocycles. The molecule has 3 saturated heterocycles. The van der Waals surface area contributed by atoms with Crippen LogP contribution < -0.4 is 21.7 Å². The SMILES string of the molecule is [N-]=[N+]=Nc1nc2c(N)ncnc2n1[C@@H]1O[C@H](COP(=O)(O)OP(=O)(O)OP(=O)(O)O)[C@@H](O)[C@H]1NC(=O)CCCC[C@@H]1SC[C@@H]2NC(=O)N[C@@H]21. The van der Waals surface area contributed by atoms with Crippen molar-refractivity contribution in [1.29, 1.82) is 0 Å². The maximum Gasteiger partial charge on any atom is 0.490 e. The number of unbranched alkanes of at least 4 members (excludes halogenated alkanes) is 1. The number of ether oxygens (including phenoxy) is 1. The van der Waals surface area contributed by atoms with Crippen molar-refractivity contribution in [1.82, 2.24) is 35.5 Å². The first-order valence-electron chi connectivity index (χ1n) is 14.1. The number of thioether (sulfide) groups is 1. The van der Waals surface area contributed by atoms with Gasteiger partial charge in [-0.15, -0.1) is 0 Å². The van der Waals surface area contributed by atoms with Crippen LogP contribution in [0.3, 0.4) is 0 Å². The van der Waals surface area contributed by atoms with Crippen LogP contribution in [0.15, 0.2) is 11.4 Å². The number of azide groups is 1. The van der Waals surface area contributed by atoms with Crippen LogP contribution in [0.2, 0.25) is 0 Å². The van der Waals surface area contributed by atoms with Crippen LogP contribution in [0.5, 0.6) is 0 Å². The predicted molar refractivity (Wildman–Crippen MR) is 164 cm³/mol. The lowest BCUT2D eigenvalue weighted by atomic mass is 10.0. The number of phosphoric ester groups is 1. The molecule has 2 aromatic heterocycles. The molecule has 0 spiro atoms. The van der Waals surface area contributed by atoms with E-state index in [0.29, 0.717) is 12.8 Å². The third-order valence-corrected chi connectivity index (χ3v) is 12.8. The molecule has 2 unspecified atom stereocenters. The molecule has 25 nitrogen and oxygen atoms in total. The number of fused-ring (bicyclic) bond motifs is 2. The number of aliphatic hydroxyl groups is 1. The number of aromatic nitrogens is 4. The number of aliphatic hydroxyl groups excluding tert-OH is 1. The number of imidazole rings is 1. The highest BCUT2D eigenvalue weighted by Gasteiger charge is 2.49. The molecule has 2 aromatic rings. The first-order valence-corrected chi connectivity index (χ1v) is 19.7. The summed E-state index contributed by atoms with van der Waals surface area (Å²) in [5.74, 6) is -0.282. The fourth-order valence-electron chi connectivity index (χ4n) is 5.52. The van der Waals surface area contributed by atoms with E-state index < -0.39 is 60.5 Å². The molecule has 9 atom stereocenters. The van der Waals surface area contributed by atoms with Gasteiger partial charge < -0.3 is 51.1 Å². The van der Waals surface area contributed by atoms with E-state index in [0.717, 1.165) is 23.1 Å². The lowest BCUT2D eigenvalue weighted by molar-refractivity contribution is -0.123. The molecule has 5 heterocycles. The van der Waals surface area contributed by atoms with Gasteiger partial charge in [-0.2, -0.15) is 20.4 Å². The summed E-state index contributed by atoms with van der Waals surface area (Å²) >= 11 is 1.72. The number of rotatable bonds is 15. The van der Waals surface area contributed by atoms with E-state index in [9.17, 15) is 38.2 Å². The fraction of sp³-hybridized carbons (Fsp3) is 0.650. The zero-order valence-electron chi connectivity index (χ0n) is 24.7. The Morgan fingerprint density at radius 3 is 2.67 bits per heavy atom. The monoisotopic (exact) mass is 773 g/mol. The number of amides is 3. The van der Waals surface area contributed by atoms with Crippen LogP contribution in [0.25, 0.3) is 21.6 Å². The highest BCUT2D eigenvalue weighted by Crippen LogP contribution is 2.66. The summed E-state index contributed by atoms with van der Waals surface area (Å²) in [5.41, 5.74) is 15.0. The topological polar surface area (TPSA) is 378 Å². The van der Waals surface area contributed by atoms with Gasteiger partial charge in [-0.1, -0.05) is 6.42 Å². The zero-order valence-corrected chi connectivity index (χ0v) is 28.2. The Morgan fingerprint density at radius 1 is 1.20 bits per heavy atom. The molecular weight excluding hydrogens is 743 g/mol. The molecule has 5 rings (SSSR count). The number of hydrogen-bond donors (Lipinski definition) is 9. The molecule has 0 aromatic carbocycles. The van der Waals surface area contributed by atoms with Crippen molar-refractivity contribution in [2.75, 3.05) is 18.1 Å². The van der Waals surface area contributed by atoms with Crippen LogP contribution in [-0.4, -0.2) is 104 Å². The maximum atomic E-state index is 13.1. The van der Waals surface area contributed by atoms with Gasteiger partial charge in [0.15, 0.2) is 23.2 Å². The Labute approximate surface area is 278 Å². The molecule has 3 aliphatic rings. The first kappa shape index (κ1) is 37.3. The highest BCUT2D eigenvalue weighted by atomic mass is 32.2. The van der Waals surface area contributed by atoms with Gasteiger partial charge in [-0.05, 0) is 23.5 Å². The van der Waals surface area contributed by atoms with Crippen LogP contribution in [0.4, 0.5) is 16.6 Å². The predicted octanol–water partition coefficient (Wildman–Crippen LogP) is 0.163. The van der Waals surface area contributed by atoms with Crippen LogP contribution in [0, 0.1) is 0 Å². The Kier molecular flexibility index (Phi) is 11.2. The van der Waals surface area contributed by atoms with Crippen molar-refractivity contribution in [3.8, 4) is 0 Å². The van der Waals surface area contributed by atoms with Crippen molar-refractivity contribution in [2.24, 2.45) is 5.11 Å². The molecule has 49 heavy (non-hydrogen) atoms. The molecule has 270 valence electrons. The van der Waals surface area contributed by atoms with Crippen molar-refractivity contribution in [3.63, 3.8) is 0 Å². The van der Waals surface area contributed by atoms with Crippen molar-refractivity contribution in [3.05, 3.63) is 16.8 Å². The molecule has 3 aliphatic heterocycles. The molecular formula is C20H30N11O14P3S. The molecule has 10 N–H and O–H groups in total. The number of hydrogen-bond acceptors (Lipinski definition) is 16. The maximum absolute atomic E-state index is 13.1. The molecule has 3 amide bonds. The minimum absolute atomic E-state index is 0.00678. The summed E-state index contributed by atoms with van der Waals surface area (Å²) < 4.78 is 53.9. The van der Waals surface area contributed by atoms with E-state index >= 15 is 0 Å². The van der Waals surface area contributed by atoms with E-state index in [1.807, 2.05) is 0 Å². The van der Waals surface area contributed by atoms with Crippen LogP contribution in [0.1, 0.15) is 31.9 Å². The normalized spacial score (nSPS) is 29.0. The number of urea groups is 1. The summed E-state index contributed by atoms with van der Waals surface area (Å²) in [5, 5.41) is 23.3. The number of carbonyl (C=O) groups excluding carboxylic acids is 2. The number of nitrogens with zero attached hydrogens (tertiary/aromatic N) is 7. The molecule has 29 heteroatoms. The molecule has 0 aliphatic carbocycles. The van der Waals surface area contributed by atoms with E-state index in [1.165, 1.54) is 0 Å². The van der Waals surface area contributed by atoms with E-state index in [-0.39, 0.29) is 52.7 Å². The van der Waals surface area contributed by atoms with Crippen LogP contribution >= 0.6 is 35.2 Å². The van der Waals surface area contributed by atoms with Crippen molar-refractivity contribution in [2.45, 2.75) is 67.5 Å². The average Bonchev–Trinajstić information content (AvgIpc) is 3.71. The second-order valence-electron chi connectivity index (χ2n) is 10.8. The van der Waals surface area contributed by atoms with Crippen molar-refractivity contribution >= 4 is 70.1 Å². The molecule has 0 radical (unpaired) electrons. The van der Waals surface area contributed by atoms with Gasteiger partial charge in [0.1, 0.15) is 24.6 Å². The summed E-state index contributed by atoms with van der Waals surface area (Å²) in [6.45, 7) is -1.07. The summed E-state index contributed by atoms with van der Waals surface area (Å²) in [6.07, 6.45) is -2.03. The Bertz CT molecular complexity index is 1790. The van der Waals surface area contributed by atoms with Gasteiger partial charge in [0.2, 0.25) is 11.9 Å². The van der Waals surface area contributed by atoms with Gasteiger partial charge in [0, 0.05) is 22.3 Å². The number of nitrogens with one attached hydrogen (secondary N) is 3. The standard InChI is InChI=1S/C20H30N11O14P3S/c21-16-14-17(24-7-23-16)31(19(27-14)29-30-22)18-13(26-11(32)4-2-1-3-10-12-8(6-49-10)25-20(34)28-12)15(33)9(43-18)5-42-47(38,39)45-48(40,41)44-46(35,36)37/h7-10,12-13,15,18,33H,1-6H2,(H,26,32)(H,38,39)(H,40,41)(H2,21,23,24)(H2,25,28,34)(H2,35,36,37)/t8-,9+,10-,12-,13+,15+,18+/m0/s1. The highest BCUT2D eigenvalue weighted by molar-refractivity contribution is 8.00. The zero-order chi connectivity index (χ0) is 35.7. The fourth-order valence-corrected chi connectivity index (χ4v) is 10.1. The molecule has 3 fully saturated rings. The largest absolute Gasteiger partial charge is 0.490 e. The Balaban J connectivity index is 1.30. The van der Waals surface area contributed by atoms with E-state index in [1.54, 1.807) is 11.8 Å². The summed E-state index contributed by atoms with van der Waals surface area (Å²) in [4.78, 5) is 76.3. The third-order valence-electron chi connectivity index (χ3n) is 7.47. The summed E-state index contributed by atoms with van der Waals surface area (Å²) in [6, 6.07) is -1.57. The van der Waals surface area contributed by atoms with Gasteiger partial charge in [-0.25, -0.2) is 33.4 Å². The van der Waals surface area contributed by atoms with Gasteiger partial charge in [0.25, 0.3) is 0 Å². The first-order chi connectivity index (χ1) is 23.0. The summed E-state index contributed by atoms with van der Waals surface area (Å²) in [7, 11) is -17.1. The third kappa shape index (κ3) is 9.06. The number of carbonyl (C=O) groups is 2. The van der Waals surface area contributed by atoms with Gasteiger partial charge in [-0.3, -0.25) is 13.9 Å². The average molecular weight is 774 g/mol. The van der Waals surface area contributed by atoms with Crippen molar-refractivity contribution < 1.29 is 65.8 Å². The quantitative estimate of drug-likeness (QED) is 0.0290. The number of nitrogens with two attached hydrogens (primary N) is 1. The number of phosphoric acid groups is 3. The number of anilines is 1. The second kappa shape index (κ2) is 14.7. The lowest BCUT2D eigenvalue weighted by Gasteiger charge is -2.24. The second-order valence-corrected chi connectivity index (χ2v) is 16.5. The minimum Gasteiger partial charge on any atom is -0.388 e. The minimum atomic E-state index is -5.84. The van der Waals surface area contributed by atoms with E-state index in [2.05, 4.69) is 54.1 Å². The Morgan fingerprint density at radius 2 is 1.96 bits per heavy atom. The van der Waals surface area contributed by atoms with Crippen LogP contribution in [-0.2, 0) is 36.4 Å². The smallest absolute Gasteiger partial charge is 0.388 e. The molecule has 0 bridgehead atoms. The van der Waals surface area contributed by atoms with Gasteiger partial charge >= 0.3 is 29.5 Å². The number of nitrogen functional groups attached to an aromatic ring is 1. The van der Waals surface area contributed by atoms with Gasteiger partial charge in [0.05, 0.1) is 18.7 Å².